The van der Waals surface area contributed by atoms with Crippen molar-refractivity contribution in [1.82, 2.24) is 5.06 Å². The molecule has 2 aromatic rings. The van der Waals surface area contributed by atoms with Gasteiger partial charge >= 0.3 is 0 Å². The van der Waals surface area contributed by atoms with Gasteiger partial charge in [0.1, 0.15) is 0 Å². The number of morpholine rings is 1. The first-order chi connectivity index (χ1) is 13.0. The molecule has 2 N–H and O–H groups in total. The molecule has 0 radical (unpaired) electrons. The molecule has 27 heavy (non-hydrogen) atoms. The third-order valence-electron chi connectivity index (χ3n) is 5.21. The summed E-state index contributed by atoms with van der Waals surface area (Å²) in [6, 6.07) is 8.93. The molecule has 2 amide bonds. The molecule has 0 saturated carbocycles. The monoisotopic (exact) mass is 369 g/mol. The highest BCUT2D eigenvalue weighted by Crippen LogP contribution is 2.36. The third-order valence-corrected chi connectivity index (χ3v) is 5.21. The molecular formula is C20H23N3O4. The van der Waals surface area contributed by atoms with E-state index in [2.05, 4.69) is 4.90 Å². The standard InChI is InChI=1S/C20H23N3O4/c1-12(21)13(2)27-23-19(24)15-5-3-4-14-17(22-8-10-26-11-9-22)7-6-16(18(14)15)20(23)25/h3-7,12-13H,8-11,21H2,1-2H3. The first-order valence-electron chi connectivity index (χ1n) is 9.18. The summed E-state index contributed by atoms with van der Waals surface area (Å²) < 4.78 is 5.43. The number of hydrogen-bond acceptors (Lipinski definition) is 6. The first-order valence-corrected chi connectivity index (χ1v) is 9.18. The summed E-state index contributed by atoms with van der Waals surface area (Å²) >= 11 is 0. The van der Waals surface area contributed by atoms with Gasteiger partial charge in [-0.3, -0.25) is 14.4 Å². The van der Waals surface area contributed by atoms with E-state index < -0.39 is 17.9 Å². The normalized spacial score (nSPS) is 19.5. The van der Waals surface area contributed by atoms with Crippen LogP contribution in [0.4, 0.5) is 5.69 Å². The lowest BCUT2D eigenvalue weighted by Crippen LogP contribution is -2.46. The zero-order valence-electron chi connectivity index (χ0n) is 15.5. The van der Waals surface area contributed by atoms with Crippen LogP contribution in [0.2, 0.25) is 0 Å². The van der Waals surface area contributed by atoms with Gasteiger partial charge in [0.05, 0.1) is 30.4 Å². The molecule has 2 atom stereocenters. The smallest absolute Gasteiger partial charge is 0.285 e. The highest BCUT2D eigenvalue weighted by molar-refractivity contribution is 6.26. The summed E-state index contributed by atoms with van der Waals surface area (Å²) in [6.45, 7) is 6.40. The van der Waals surface area contributed by atoms with Crippen molar-refractivity contribution in [2.75, 3.05) is 31.2 Å². The maximum atomic E-state index is 13.0. The van der Waals surface area contributed by atoms with Gasteiger partial charge in [0, 0.05) is 35.6 Å². The molecule has 4 rings (SSSR count). The van der Waals surface area contributed by atoms with Gasteiger partial charge in [0.2, 0.25) is 0 Å². The zero-order valence-corrected chi connectivity index (χ0v) is 15.5. The lowest BCUT2D eigenvalue weighted by molar-refractivity contribution is -0.134. The largest absolute Gasteiger partial charge is 0.378 e. The number of anilines is 1. The Morgan fingerprint density at radius 3 is 2.37 bits per heavy atom. The molecule has 7 nitrogen and oxygen atoms in total. The molecule has 2 unspecified atom stereocenters. The van der Waals surface area contributed by atoms with E-state index in [-0.39, 0.29) is 6.04 Å². The molecule has 0 aromatic heterocycles. The minimum atomic E-state index is -0.466. The van der Waals surface area contributed by atoms with Crippen LogP contribution < -0.4 is 10.6 Å². The number of nitrogens with zero attached hydrogens (tertiary/aromatic N) is 2. The molecule has 7 heteroatoms. The van der Waals surface area contributed by atoms with Crippen molar-refractivity contribution in [3.05, 3.63) is 41.5 Å². The average molecular weight is 369 g/mol. The number of imide groups is 1. The van der Waals surface area contributed by atoms with E-state index in [4.69, 9.17) is 15.3 Å². The molecule has 2 aliphatic heterocycles. The topological polar surface area (TPSA) is 85.1 Å². The van der Waals surface area contributed by atoms with Crippen molar-refractivity contribution in [3.8, 4) is 0 Å². The predicted molar refractivity (Wildman–Crippen MR) is 102 cm³/mol. The van der Waals surface area contributed by atoms with E-state index >= 15 is 0 Å². The number of amides is 2. The summed E-state index contributed by atoms with van der Waals surface area (Å²) in [5.41, 5.74) is 7.77. The van der Waals surface area contributed by atoms with Crippen LogP contribution in [-0.2, 0) is 9.57 Å². The minimum absolute atomic E-state index is 0.313. The average Bonchev–Trinajstić information content (AvgIpc) is 2.69. The Morgan fingerprint density at radius 2 is 1.70 bits per heavy atom. The summed E-state index contributed by atoms with van der Waals surface area (Å²) in [5.74, 6) is -0.908. The second-order valence-corrected chi connectivity index (χ2v) is 7.03. The molecule has 2 aliphatic rings. The van der Waals surface area contributed by atoms with Crippen LogP contribution in [0.3, 0.4) is 0 Å². The van der Waals surface area contributed by atoms with E-state index in [1.54, 1.807) is 26.0 Å². The molecule has 1 fully saturated rings. The number of carbonyl (C=O) groups is 2. The maximum absolute atomic E-state index is 13.0. The molecule has 0 spiro atoms. The van der Waals surface area contributed by atoms with E-state index in [1.807, 2.05) is 18.2 Å². The fraction of sp³-hybridized carbons (Fsp3) is 0.400. The number of ether oxygens (including phenoxy) is 1. The lowest BCUT2D eigenvalue weighted by atomic mass is 9.93. The third kappa shape index (κ3) is 2.97. The first kappa shape index (κ1) is 17.9. The van der Waals surface area contributed by atoms with Gasteiger partial charge in [-0.2, -0.15) is 0 Å². The van der Waals surface area contributed by atoms with Crippen LogP contribution in [-0.4, -0.2) is 55.3 Å². The van der Waals surface area contributed by atoms with E-state index in [9.17, 15) is 9.59 Å². The van der Waals surface area contributed by atoms with Crippen molar-refractivity contribution < 1.29 is 19.2 Å². The van der Waals surface area contributed by atoms with Crippen molar-refractivity contribution in [2.24, 2.45) is 5.73 Å². The van der Waals surface area contributed by atoms with Gasteiger partial charge in [-0.25, -0.2) is 0 Å². The Kier molecular flexibility index (Phi) is 4.59. The number of hydrogen-bond donors (Lipinski definition) is 1. The quantitative estimate of drug-likeness (QED) is 0.829. The summed E-state index contributed by atoms with van der Waals surface area (Å²) in [6.07, 6.45) is -0.466. The van der Waals surface area contributed by atoms with Crippen molar-refractivity contribution in [1.29, 1.82) is 0 Å². The fourth-order valence-corrected chi connectivity index (χ4v) is 3.50. The van der Waals surface area contributed by atoms with E-state index in [1.165, 1.54) is 0 Å². The molecule has 2 heterocycles. The Hall–Kier alpha value is -2.48. The Morgan fingerprint density at radius 1 is 1.04 bits per heavy atom. The summed E-state index contributed by atoms with van der Waals surface area (Å²) in [7, 11) is 0. The van der Waals surface area contributed by atoms with Crippen LogP contribution >= 0.6 is 0 Å². The molecule has 142 valence electrons. The summed E-state index contributed by atoms with van der Waals surface area (Å²) in [5, 5.41) is 2.43. The van der Waals surface area contributed by atoms with Gasteiger partial charge in [0.15, 0.2) is 0 Å². The second kappa shape index (κ2) is 6.92. The minimum Gasteiger partial charge on any atom is -0.378 e. The second-order valence-electron chi connectivity index (χ2n) is 7.03. The fourth-order valence-electron chi connectivity index (χ4n) is 3.50. The predicted octanol–water partition coefficient (Wildman–Crippen LogP) is 1.94. The molecule has 1 saturated heterocycles. The number of carbonyl (C=O) groups excluding carboxylic acids is 2. The van der Waals surface area contributed by atoms with E-state index in [0.29, 0.717) is 29.7 Å². The Balaban J connectivity index is 1.80. The Labute approximate surface area is 157 Å². The van der Waals surface area contributed by atoms with E-state index in [0.717, 1.165) is 29.2 Å². The zero-order chi connectivity index (χ0) is 19.1. The van der Waals surface area contributed by atoms with Gasteiger partial charge in [0.25, 0.3) is 11.8 Å². The molecule has 2 aromatic carbocycles. The van der Waals surface area contributed by atoms with Crippen LogP contribution in [0.5, 0.6) is 0 Å². The highest BCUT2D eigenvalue weighted by atomic mass is 16.7. The van der Waals surface area contributed by atoms with Crippen molar-refractivity contribution in [3.63, 3.8) is 0 Å². The van der Waals surface area contributed by atoms with Crippen LogP contribution in [0.15, 0.2) is 30.3 Å². The van der Waals surface area contributed by atoms with Crippen molar-refractivity contribution >= 4 is 28.3 Å². The molecule has 0 aliphatic carbocycles. The Bertz CT molecular complexity index is 883. The van der Waals surface area contributed by atoms with Crippen LogP contribution in [0.25, 0.3) is 10.8 Å². The number of hydroxylamine groups is 2. The van der Waals surface area contributed by atoms with Crippen LogP contribution in [0.1, 0.15) is 34.6 Å². The highest BCUT2D eigenvalue weighted by Gasteiger charge is 2.36. The van der Waals surface area contributed by atoms with Gasteiger partial charge < -0.3 is 15.4 Å². The lowest BCUT2D eigenvalue weighted by Gasteiger charge is -2.33. The van der Waals surface area contributed by atoms with Gasteiger partial charge in [-0.05, 0) is 32.0 Å². The van der Waals surface area contributed by atoms with Gasteiger partial charge in [-0.15, -0.1) is 5.06 Å². The SMILES string of the molecule is CC(N)C(C)ON1C(=O)c2cccc3c(N4CCOCC4)ccc(c23)C1=O. The van der Waals surface area contributed by atoms with Crippen LogP contribution in [0, 0.1) is 0 Å². The molecule has 0 bridgehead atoms. The summed E-state index contributed by atoms with van der Waals surface area (Å²) in [4.78, 5) is 33.7. The number of benzene rings is 2. The van der Waals surface area contributed by atoms with Gasteiger partial charge in [-0.1, -0.05) is 12.1 Å². The maximum Gasteiger partial charge on any atom is 0.285 e. The molecular weight excluding hydrogens is 346 g/mol. The number of nitrogens with two attached hydrogens (primary N) is 1. The van der Waals surface area contributed by atoms with Crippen molar-refractivity contribution in [2.45, 2.75) is 26.0 Å². The number of rotatable bonds is 4.